The molecule has 0 aliphatic heterocycles. The summed E-state index contributed by atoms with van der Waals surface area (Å²) in [6.07, 6.45) is 1.24. The molecule has 0 bridgehead atoms. The first-order valence-electron chi connectivity index (χ1n) is 10.0. The number of para-hydroxylation sites is 1. The lowest BCUT2D eigenvalue weighted by atomic mass is 10.1. The molecule has 0 aromatic heterocycles. The number of aryl methyl sites for hydroxylation is 1. The van der Waals surface area contributed by atoms with Crippen molar-refractivity contribution in [3.05, 3.63) is 93.5 Å². The van der Waals surface area contributed by atoms with Crippen LogP contribution < -0.4 is 14.2 Å². The Bertz CT molecular complexity index is 1460. The van der Waals surface area contributed by atoms with Gasteiger partial charge in [-0.05, 0) is 48.9 Å². The van der Waals surface area contributed by atoms with Crippen LogP contribution in [0.5, 0.6) is 11.5 Å². The third-order valence-electron chi connectivity index (χ3n) is 4.70. The van der Waals surface area contributed by atoms with Crippen LogP contribution in [0, 0.1) is 28.4 Å². The van der Waals surface area contributed by atoms with E-state index in [1.54, 1.807) is 24.3 Å². The average Bonchev–Trinajstić information content (AvgIpc) is 2.83. The van der Waals surface area contributed by atoms with Crippen molar-refractivity contribution in [1.82, 2.24) is 0 Å². The normalized spacial score (nSPS) is 11.3. The number of nitriles is 1. The number of carbonyl (C=O) groups excluding carboxylic acids is 1. The van der Waals surface area contributed by atoms with Gasteiger partial charge in [-0.15, -0.1) is 0 Å². The lowest BCUT2D eigenvalue weighted by Crippen LogP contribution is -2.13. The highest BCUT2D eigenvalue weighted by atomic mass is 32.2. The number of nitro benzene ring substituents is 1. The van der Waals surface area contributed by atoms with Crippen LogP contribution in [0.4, 0.5) is 11.4 Å². The highest BCUT2D eigenvalue weighted by Gasteiger charge is 2.28. The molecule has 10 nitrogen and oxygen atoms in total. The van der Waals surface area contributed by atoms with Crippen molar-refractivity contribution in [3.63, 3.8) is 0 Å². The van der Waals surface area contributed by atoms with Gasteiger partial charge >= 0.3 is 10.1 Å². The summed E-state index contributed by atoms with van der Waals surface area (Å²) in [6.45, 7) is 1.89. The Morgan fingerprint density at radius 3 is 2.40 bits per heavy atom. The van der Waals surface area contributed by atoms with Gasteiger partial charge < -0.3 is 14.2 Å². The van der Waals surface area contributed by atoms with Crippen molar-refractivity contribution in [3.8, 4) is 17.6 Å². The van der Waals surface area contributed by atoms with Crippen molar-refractivity contribution in [2.75, 3.05) is 12.4 Å². The Labute approximate surface area is 201 Å². The molecule has 3 aromatic rings. The summed E-state index contributed by atoms with van der Waals surface area (Å²) in [5, 5.41) is 23.3. The van der Waals surface area contributed by atoms with Gasteiger partial charge in [-0.3, -0.25) is 14.9 Å². The van der Waals surface area contributed by atoms with E-state index in [-0.39, 0.29) is 22.6 Å². The molecule has 11 heteroatoms. The molecule has 3 aromatic carbocycles. The number of carbonyl (C=O) groups is 1. The minimum absolute atomic E-state index is 0.0203. The molecule has 0 saturated carbocycles. The Kier molecular flexibility index (Phi) is 7.48. The zero-order valence-electron chi connectivity index (χ0n) is 18.6. The Morgan fingerprint density at radius 1 is 1.09 bits per heavy atom. The summed E-state index contributed by atoms with van der Waals surface area (Å²) in [4.78, 5) is 22.3. The number of benzene rings is 3. The van der Waals surface area contributed by atoms with Crippen molar-refractivity contribution in [2.24, 2.45) is 0 Å². The summed E-state index contributed by atoms with van der Waals surface area (Å²) in [5.41, 5.74) is 0.858. The number of anilines is 1. The van der Waals surface area contributed by atoms with Crippen LogP contribution in [0.2, 0.25) is 0 Å². The van der Waals surface area contributed by atoms with Crippen LogP contribution in [0.1, 0.15) is 11.1 Å². The second-order valence-electron chi connectivity index (χ2n) is 7.16. The zero-order chi connectivity index (χ0) is 25.6. The monoisotopic (exact) mass is 493 g/mol. The number of ether oxygens (including phenoxy) is 1. The fourth-order valence-electron chi connectivity index (χ4n) is 2.98. The molecular formula is C24H19N3O7S. The van der Waals surface area contributed by atoms with Gasteiger partial charge in [0, 0.05) is 11.8 Å². The molecule has 0 spiro atoms. The van der Waals surface area contributed by atoms with Gasteiger partial charge in [0.1, 0.15) is 11.6 Å². The number of nitrogens with zero attached hydrogens (tertiary/aromatic N) is 2. The summed E-state index contributed by atoms with van der Waals surface area (Å²) in [6, 6.07) is 17.6. The molecule has 35 heavy (non-hydrogen) atoms. The van der Waals surface area contributed by atoms with Gasteiger partial charge in [-0.2, -0.15) is 13.7 Å². The fraction of sp³-hybridized carbons (Fsp3) is 0.0833. The first-order valence-corrected chi connectivity index (χ1v) is 11.4. The maximum absolute atomic E-state index is 12.8. The molecule has 1 N–H and O–H groups in total. The standard InChI is InChI=1S/C24H19N3O7S/c1-16-7-10-19(11-8-16)26-24(28)18(15-25)13-17-9-12-21(33-2)22(14-17)34-35(31,32)23-6-4-3-5-20(23)27(29)30/h3-14H,1-2H3,(H,26,28)/b18-13+. The summed E-state index contributed by atoms with van der Waals surface area (Å²) < 4.78 is 35.9. The molecule has 0 unspecified atom stereocenters. The fourth-order valence-corrected chi connectivity index (χ4v) is 4.08. The lowest BCUT2D eigenvalue weighted by Gasteiger charge is -2.12. The van der Waals surface area contributed by atoms with E-state index in [0.29, 0.717) is 5.69 Å². The van der Waals surface area contributed by atoms with Gasteiger partial charge in [-0.1, -0.05) is 35.9 Å². The molecular weight excluding hydrogens is 474 g/mol. The highest BCUT2D eigenvalue weighted by molar-refractivity contribution is 7.87. The average molecular weight is 493 g/mol. The number of amides is 1. The molecule has 0 aliphatic carbocycles. The van der Waals surface area contributed by atoms with E-state index in [0.717, 1.165) is 17.7 Å². The maximum Gasteiger partial charge on any atom is 0.346 e. The van der Waals surface area contributed by atoms with Crippen molar-refractivity contribution in [2.45, 2.75) is 11.8 Å². The second kappa shape index (κ2) is 10.5. The summed E-state index contributed by atoms with van der Waals surface area (Å²) in [7, 11) is -3.34. The maximum atomic E-state index is 12.8. The van der Waals surface area contributed by atoms with Crippen LogP contribution in [0.15, 0.2) is 77.2 Å². The van der Waals surface area contributed by atoms with Crippen LogP contribution in [0.3, 0.4) is 0 Å². The minimum Gasteiger partial charge on any atom is -0.493 e. The molecule has 0 saturated heterocycles. The largest absolute Gasteiger partial charge is 0.493 e. The van der Waals surface area contributed by atoms with Crippen LogP contribution in [-0.2, 0) is 14.9 Å². The molecule has 0 atom stereocenters. The van der Waals surface area contributed by atoms with Gasteiger partial charge in [0.15, 0.2) is 16.4 Å². The Hall–Kier alpha value is -4.69. The third kappa shape index (κ3) is 6.01. The number of nitrogens with one attached hydrogen (secondary N) is 1. The van der Waals surface area contributed by atoms with Crippen molar-refractivity contribution >= 4 is 33.5 Å². The molecule has 3 rings (SSSR count). The van der Waals surface area contributed by atoms with Gasteiger partial charge in [0.25, 0.3) is 11.6 Å². The van der Waals surface area contributed by atoms with Gasteiger partial charge in [0.05, 0.1) is 12.0 Å². The predicted molar refractivity (Wildman–Crippen MR) is 127 cm³/mol. The highest BCUT2D eigenvalue weighted by Crippen LogP contribution is 2.33. The van der Waals surface area contributed by atoms with Crippen LogP contribution in [0.25, 0.3) is 6.08 Å². The number of rotatable bonds is 8. The van der Waals surface area contributed by atoms with Crippen molar-refractivity contribution in [1.29, 1.82) is 5.26 Å². The molecule has 1 amide bonds. The number of methoxy groups -OCH3 is 1. The SMILES string of the molecule is COc1ccc(/C=C(\C#N)C(=O)Nc2ccc(C)cc2)cc1OS(=O)(=O)c1ccccc1[N+](=O)[O-]. The summed E-state index contributed by atoms with van der Waals surface area (Å²) in [5.74, 6) is -0.926. The topological polar surface area (TPSA) is 149 Å². The van der Waals surface area contributed by atoms with Crippen LogP contribution in [-0.4, -0.2) is 26.4 Å². The van der Waals surface area contributed by atoms with E-state index in [4.69, 9.17) is 8.92 Å². The first kappa shape index (κ1) is 24.9. The minimum atomic E-state index is -4.62. The molecule has 0 fully saturated rings. The van der Waals surface area contributed by atoms with Gasteiger partial charge in [0.2, 0.25) is 0 Å². The Morgan fingerprint density at radius 2 is 1.77 bits per heavy atom. The molecule has 0 radical (unpaired) electrons. The molecule has 178 valence electrons. The van der Waals surface area contributed by atoms with Gasteiger partial charge in [-0.25, -0.2) is 0 Å². The second-order valence-corrected chi connectivity index (χ2v) is 8.68. The van der Waals surface area contributed by atoms with E-state index in [2.05, 4.69) is 5.32 Å². The number of nitro groups is 1. The van der Waals surface area contributed by atoms with E-state index in [9.17, 15) is 28.6 Å². The smallest absolute Gasteiger partial charge is 0.346 e. The quantitative estimate of drug-likeness (QED) is 0.161. The number of hydrogen-bond donors (Lipinski definition) is 1. The van der Waals surface area contributed by atoms with E-state index >= 15 is 0 Å². The zero-order valence-corrected chi connectivity index (χ0v) is 19.4. The lowest BCUT2D eigenvalue weighted by molar-refractivity contribution is -0.387. The number of hydrogen-bond acceptors (Lipinski definition) is 8. The third-order valence-corrected chi connectivity index (χ3v) is 5.99. The predicted octanol–water partition coefficient (Wildman–Crippen LogP) is 4.23. The van der Waals surface area contributed by atoms with Crippen LogP contribution >= 0.6 is 0 Å². The van der Waals surface area contributed by atoms with E-state index in [1.165, 1.54) is 43.5 Å². The van der Waals surface area contributed by atoms with E-state index < -0.39 is 31.5 Å². The van der Waals surface area contributed by atoms with Crippen molar-refractivity contribution < 1.29 is 27.1 Å². The summed E-state index contributed by atoms with van der Waals surface area (Å²) >= 11 is 0. The van der Waals surface area contributed by atoms with E-state index in [1.807, 2.05) is 13.0 Å². The molecule has 0 aliphatic rings. The molecule has 0 heterocycles. The first-order chi connectivity index (χ1) is 16.6. The Balaban J connectivity index is 1.94.